The van der Waals surface area contributed by atoms with Gasteiger partial charge in [-0.2, -0.15) is 0 Å². The molecule has 128 valence electrons. The zero-order valence-electron chi connectivity index (χ0n) is 11.4. The van der Waals surface area contributed by atoms with Gasteiger partial charge in [0.2, 0.25) is 0 Å². The predicted octanol–water partition coefficient (Wildman–Crippen LogP) is -4.66. The molecular weight excluding hydrogens is 410 g/mol. The van der Waals surface area contributed by atoms with Crippen molar-refractivity contribution in [2.75, 3.05) is 6.61 Å². The molecule has 22 heavy (non-hydrogen) atoms. The van der Waals surface area contributed by atoms with Gasteiger partial charge in [-0.3, -0.25) is 0 Å². The molecule has 0 saturated carbocycles. The number of carboxylic acid groups (broad SMARTS) is 1. The van der Waals surface area contributed by atoms with Gasteiger partial charge in [0.05, 0.1) is 6.61 Å². The van der Waals surface area contributed by atoms with Crippen LogP contribution in [0.2, 0.25) is 0 Å². The van der Waals surface area contributed by atoms with Crippen LogP contribution in [0.25, 0.3) is 0 Å². The maximum atomic E-state index is 10.1. The first-order valence-electron chi connectivity index (χ1n) is 5.61. The molecule has 9 nitrogen and oxygen atoms in total. The molecule has 0 heterocycles. The number of aliphatic carboxylic acids is 1. The zero-order valence-corrected chi connectivity index (χ0v) is 14.0. The average Bonchev–Trinajstić information content (AvgIpc) is 2.45. The molecule has 4 unspecified atom stereocenters. The minimum atomic E-state index is -2.20. The van der Waals surface area contributed by atoms with E-state index in [1.807, 2.05) is 18.2 Å². The molecule has 0 spiro atoms. The van der Waals surface area contributed by atoms with Crippen LogP contribution in [0, 0.1) is 0 Å². The quantitative estimate of drug-likeness (QED) is 0.252. The topological polar surface area (TPSA) is 201 Å². The number of aliphatic hydroxyl groups is 5. The second kappa shape index (κ2) is 13.9. The molecule has 0 bridgehead atoms. The van der Waals surface area contributed by atoms with E-state index in [0.717, 1.165) is 0 Å². The molecule has 0 aliphatic rings. The summed E-state index contributed by atoms with van der Waals surface area (Å²) in [6.07, 6.45) is -7.84. The Morgan fingerprint density at radius 3 is 1.73 bits per heavy atom. The molecule has 10 N–H and O–H groups in total. The summed E-state index contributed by atoms with van der Waals surface area (Å²) in [7, 11) is 0. The van der Waals surface area contributed by atoms with Gasteiger partial charge >= 0.3 is 62.8 Å². The third-order valence-electron chi connectivity index (χ3n) is 2.26. The van der Waals surface area contributed by atoms with Crippen molar-refractivity contribution < 1.29 is 46.4 Å². The van der Waals surface area contributed by atoms with Crippen LogP contribution in [-0.4, -0.2) is 102 Å². The maximum absolute atomic E-state index is 10.1. The van der Waals surface area contributed by atoms with Crippen LogP contribution in [0.5, 0.6) is 0 Å². The number of hydrogen-bond donors (Lipinski definition) is 6. The van der Waals surface area contributed by atoms with E-state index in [0.29, 0.717) is 0 Å². The van der Waals surface area contributed by atoms with Gasteiger partial charge < -0.3 is 41.6 Å². The van der Waals surface area contributed by atoms with Crippen LogP contribution in [0.4, 0.5) is 0 Å². The SMILES string of the molecule is O.O.O=C(O)C(O)C(O)C(O)C(O)CO.[Sb][c]1ccccc1. The number of carbonyl (C=O) groups is 1. The summed E-state index contributed by atoms with van der Waals surface area (Å²) in [5, 5.41) is 51.8. The van der Waals surface area contributed by atoms with E-state index < -0.39 is 37.0 Å². The van der Waals surface area contributed by atoms with Crippen LogP contribution in [0.15, 0.2) is 30.3 Å². The third kappa shape index (κ3) is 10.0. The summed E-state index contributed by atoms with van der Waals surface area (Å²) in [6, 6.07) is 10.3. The van der Waals surface area contributed by atoms with Crippen molar-refractivity contribution in [2.45, 2.75) is 24.4 Å². The van der Waals surface area contributed by atoms with Gasteiger partial charge in [-0.05, 0) is 0 Å². The Bertz CT molecular complexity index is 389. The molecule has 1 aromatic rings. The van der Waals surface area contributed by atoms with Gasteiger partial charge in [-0.25, -0.2) is 4.79 Å². The standard InChI is InChI=1S/C6H12O7.C6H5.2H2O.Sb/c7-1-2(8)3(9)4(10)5(11)6(12)13;1-2-4-6-5-3-1;;;/h2-5,7-11H,1H2,(H,12,13);1-5H;2*1H2;. The summed E-state index contributed by atoms with van der Waals surface area (Å²) in [4.78, 5) is 10.1. The van der Waals surface area contributed by atoms with Crippen molar-refractivity contribution in [3.63, 3.8) is 0 Å². The summed E-state index contributed by atoms with van der Waals surface area (Å²) >= 11 is 1.76. The van der Waals surface area contributed by atoms with Crippen molar-refractivity contribution in [1.29, 1.82) is 0 Å². The van der Waals surface area contributed by atoms with Crippen LogP contribution < -0.4 is 3.51 Å². The van der Waals surface area contributed by atoms with Crippen molar-refractivity contribution in [2.24, 2.45) is 0 Å². The Morgan fingerprint density at radius 1 is 1.00 bits per heavy atom. The van der Waals surface area contributed by atoms with Gasteiger partial charge in [0.1, 0.15) is 18.3 Å². The van der Waals surface area contributed by atoms with E-state index in [1.54, 1.807) is 23.0 Å². The summed E-state index contributed by atoms with van der Waals surface area (Å²) in [6.45, 7) is -0.843. The van der Waals surface area contributed by atoms with Gasteiger partial charge in [-0.1, -0.05) is 0 Å². The fraction of sp³-hybridized carbons (Fsp3) is 0.417. The van der Waals surface area contributed by atoms with Crippen molar-refractivity contribution in [1.82, 2.24) is 0 Å². The third-order valence-corrected chi connectivity index (χ3v) is 3.11. The van der Waals surface area contributed by atoms with E-state index in [1.165, 1.54) is 3.51 Å². The zero-order chi connectivity index (χ0) is 15.7. The Labute approximate surface area is 140 Å². The van der Waals surface area contributed by atoms with E-state index in [4.69, 9.17) is 30.6 Å². The molecule has 2 radical (unpaired) electrons. The molecule has 10 heteroatoms. The van der Waals surface area contributed by atoms with Crippen molar-refractivity contribution in [3.05, 3.63) is 30.3 Å². The number of benzene rings is 1. The van der Waals surface area contributed by atoms with Crippen molar-refractivity contribution in [3.8, 4) is 0 Å². The second-order valence-corrected chi connectivity index (χ2v) is 5.32. The molecule has 0 aromatic heterocycles. The molecule has 0 aliphatic heterocycles. The number of carboxylic acids is 1. The van der Waals surface area contributed by atoms with E-state index >= 15 is 0 Å². The summed E-state index contributed by atoms with van der Waals surface area (Å²) in [5.74, 6) is -1.73. The Balaban J connectivity index is -0.000000342. The molecule has 0 amide bonds. The van der Waals surface area contributed by atoms with Crippen LogP contribution in [0.1, 0.15) is 0 Å². The Hall–Kier alpha value is -0.772. The predicted molar refractivity (Wildman–Crippen MR) is 77.8 cm³/mol. The average molecular weight is 431 g/mol. The molecule has 0 saturated heterocycles. The molecule has 0 fully saturated rings. The molecule has 4 atom stereocenters. The normalized spacial score (nSPS) is 14.8. The van der Waals surface area contributed by atoms with E-state index in [2.05, 4.69) is 12.1 Å². The van der Waals surface area contributed by atoms with Gasteiger partial charge in [-0.15, -0.1) is 0 Å². The monoisotopic (exact) mass is 430 g/mol. The molecule has 1 rings (SSSR count). The summed E-state index contributed by atoms with van der Waals surface area (Å²) < 4.78 is 1.37. The van der Waals surface area contributed by atoms with Crippen LogP contribution in [-0.2, 0) is 4.79 Å². The van der Waals surface area contributed by atoms with Crippen LogP contribution in [0.3, 0.4) is 0 Å². The van der Waals surface area contributed by atoms with E-state index in [-0.39, 0.29) is 11.0 Å². The minimum absolute atomic E-state index is 0. The molecular formula is C12H21O9Sb. The summed E-state index contributed by atoms with van der Waals surface area (Å²) in [5.41, 5.74) is 0. The van der Waals surface area contributed by atoms with Crippen LogP contribution >= 0.6 is 0 Å². The van der Waals surface area contributed by atoms with Gasteiger partial charge in [0.25, 0.3) is 0 Å². The van der Waals surface area contributed by atoms with Crippen molar-refractivity contribution >= 4 is 32.5 Å². The number of aliphatic hydroxyl groups excluding tert-OH is 5. The van der Waals surface area contributed by atoms with Gasteiger partial charge in [0.15, 0.2) is 6.10 Å². The number of hydrogen-bond acceptors (Lipinski definition) is 6. The van der Waals surface area contributed by atoms with Gasteiger partial charge in [0, 0.05) is 0 Å². The Kier molecular flexibility index (Phi) is 16.5. The number of rotatable bonds is 5. The first-order valence-corrected chi connectivity index (χ1v) is 6.88. The fourth-order valence-corrected chi connectivity index (χ4v) is 1.59. The fourth-order valence-electron chi connectivity index (χ4n) is 1.10. The van der Waals surface area contributed by atoms with E-state index in [9.17, 15) is 4.79 Å². The molecule has 1 aromatic carbocycles. The first-order chi connectivity index (χ1) is 9.31. The Morgan fingerprint density at radius 2 is 1.45 bits per heavy atom. The second-order valence-electron chi connectivity index (χ2n) is 3.85. The first kappa shape index (κ1) is 26.1. The molecule has 0 aliphatic carbocycles.